The van der Waals surface area contributed by atoms with Crippen LogP contribution in [0.25, 0.3) is 0 Å². The van der Waals surface area contributed by atoms with E-state index >= 15 is 0 Å². The zero-order chi connectivity index (χ0) is 15.2. The van der Waals surface area contributed by atoms with Gasteiger partial charge in [-0.1, -0.05) is 26.0 Å². The van der Waals surface area contributed by atoms with Gasteiger partial charge in [-0.05, 0) is 41.0 Å². The van der Waals surface area contributed by atoms with Crippen molar-refractivity contribution in [3.63, 3.8) is 0 Å². The molecule has 20 heavy (non-hydrogen) atoms. The Morgan fingerprint density at radius 3 is 2.55 bits per heavy atom. The number of benzene rings is 1. The average molecular weight is 364 g/mol. The highest BCUT2D eigenvalue weighted by Crippen LogP contribution is 2.22. The molecule has 0 bridgehead atoms. The molecule has 0 unspecified atom stereocenters. The molecule has 1 rings (SSSR count). The van der Waals surface area contributed by atoms with E-state index in [0.717, 1.165) is 17.4 Å². The Labute approximate surface area is 130 Å². The lowest BCUT2D eigenvalue weighted by molar-refractivity contribution is 0.451. The average Bonchev–Trinajstić information content (AvgIpc) is 2.36. The molecular weight excluding hydrogens is 342 g/mol. The Kier molecular flexibility index (Phi) is 6.94. The van der Waals surface area contributed by atoms with Crippen LogP contribution in [0.4, 0.5) is 5.69 Å². The van der Waals surface area contributed by atoms with Crippen molar-refractivity contribution in [1.82, 2.24) is 9.62 Å². The van der Waals surface area contributed by atoms with Crippen molar-refractivity contribution in [1.29, 1.82) is 0 Å². The first-order valence-corrected chi connectivity index (χ1v) is 8.78. The van der Waals surface area contributed by atoms with E-state index in [4.69, 9.17) is 0 Å². The van der Waals surface area contributed by atoms with E-state index in [-0.39, 0.29) is 0 Å². The molecule has 0 aliphatic carbocycles. The molecule has 1 aromatic carbocycles. The number of hydrogen-bond donors (Lipinski definition) is 2. The van der Waals surface area contributed by atoms with Gasteiger partial charge >= 0.3 is 10.2 Å². The molecule has 0 spiro atoms. The summed E-state index contributed by atoms with van der Waals surface area (Å²) in [5.41, 5.74) is 0.541. The van der Waals surface area contributed by atoms with E-state index in [1.807, 2.05) is 6.07 Å². The number of nitrogens with one attached hydrogen (secondary N) is 2. The zero-order valence-electron chi connectivity index (χ0n) is 12.1. The minimum Gasteiger partial charge on any atom is -0.314 e. The van der Waals surface area contributed by atoms with Crippen LogP contribution in [0.5, 0.6) is 0 Å². The van der Waals surface area contributed by atoms with Gasteiger partial charge in [-0.15, -0.1) is 0 Å². The van der Waals surface area contributed by atoms with Crippen LogP contribution in [-0.2, 0) is 10.2 Å². The Hall–Kier alpha value is -0.630. The van der Waals surface area contributed by atoms with Crippen LogP contribution in [0, 0.1) is 0 Å². The van der Waals surface area contributed by atoms with Crippen LogP contribution >= 0.6 is 15.9 Å². The fourth-order valence-corrected chi connectivity index (χ4v) is 3.07. The number of rotatable bonds is 8. The van der Waals surface area contributed by atoms with Crippen molar-refractivity contribution in [2.24, 2.45) is 0 Å². The summed E-state index contributed by atoms with van der Waals surface area (Å²) in [4.78, 5) is 0. The molecule has 2 N–H and O–H groups in total. The summed E-state index contributed by atoms with van der Waals surface area (Å²) in [5, 5.41) is 3.26. The number of para-hydroxylation sites is 1. The van der Waals surface area contributed by atoms with Crippen LogP contribution in [-0.4, -0.2) is 38.9 Å². The molecule has 0 fully saturated rings. The first-order valence-electron chi connectivity index (χ1n) is 6.55. The van der Waals surface area contributed by atoms with Gasteiger partial charge in [0.25, 0.3) is 0 Å². The van der Waals surface area contributed by atoms with E-state index in [0.29, 0.717) is 18.3 Å². The molecule has 0 heterocycles. The van der Waals surface area contributed by atoms with E-state index in [2.05, 4.69) is 39.8 Å². The van der Waals surface area contributed by atoms with Crippen molar-refractivity contribution < 1.29 is 8.42 Å². The summed E-state index contributed by atoms with van der Waals surface area (Å²) in [6.45, 7) is 5.40. The van der Waals surface area contributed by atoms with Crippen LogP contribution in [0.1, 0.15) is 20.3 Å². The van der Waals surface area contributed by atoms with Crippen molar-refractivity contribution >= 4 is 31.8 Å². The van der Waals surface area contributed by atoms with Crippen LogP contribution in [0.15, 0.2) is 28.7 Å². The van der Waals surface area contributed by atoms with Crippen molar-refractivity contribution in [3.05, 3.63) is 28.7 Å². The molecule has 0 radical (unpaired) electrons. The SMILES string of the molecule is CC(C)NCCCN(C)S(=O)(=O)Nc1ccccc1Br. The first kappa shape index (κ1) is 17.4. The minimum absolute atomic E-state index is 0.412. The summed E-state index contributed by atoms with van der Waals surface area (Å²) in [5.74, 6) is 0. The van der Waals surface area contributed by atoms with Gasteiger partial charge in [-0.3, -0.25) is 4.72 Å². The lowest BCUT2D eigenvalue weighted by Crippen LogP contribution is -2.35. The maximum atomic E-state index is 12.2. The predicted molar refractivity (Wildman–Crippen MR) is 87.1 cm³/mol. The summed E-state index contributed by atoms with van der Waals surface area (Å²) < 4.78 is 28.9. The maximum Gasteiger partial charge on any atom is 0.301 e. The van der Waals surface area contributed by atoms with Gasteiger partial charge in [-0.2, -0.15) is 12.7 Å². The summed E-state index contributed by atoms with van der Waals surface area (Å²) in [6.07, 6.45) is 0.769. The molecule has 7 heteroatoms. The Morgan fingerprint density at radius 2 is 1.95 bits per heavy atom. The Bertz CT molecular complexity index is 520. The van der Waals surface area contributed by atoms with E-state index < -0.39 is 10.2 Å². The van der Waals surface area contributed by atoms with Gasteiger partial charge in [0.2, 0.25) is 0 Å². The molecule has 114 valence electrons. The maximum absolute atomic E-state index is 12.2. The smallest absolute Gasteiger partial charge is 0.301 e. The second kappa shape index (κ2) is 7.97. The summed E-state index contributed by atoms with van der Waals surface area (Å²) >= 11 is 3.32. The normalized spacial score (nSPS) is 12.1. The summed E-state index contributed by atoms with van der Waals surface area (Å²) in [7, 11) is -1.93. The standard InChI is InChI=1S/C13H22BrN3O2S/c1-11(2)15-9-6-10-17(3)20(18,19)16-13-8-5-4-7-12(13)14/h4-5,7-8,11,15-16H,6,9-10H2,1-3H3. The molecule has 1 aromatic rings. The Balaban J connectivity index is 2.53. The zero-order valence-corrected chi connectivity index (χ0v) is 14.5. The fraction of sp³-hybridized carbons (Fsp3) is 0.538. The lowest BCUT2D eigenvalue weighted by Gasteiger charge is -2.19. The first-order chi connectivity index (χ1) is 9.33. The molecule has 0 aliphatic rings. The van der Waals surface area contributed by atoms with Crippen molar-refractivity contribution in [2.45, 2.75) is 26.3 Å². The van der Waals surface area contributed by atoms with E-state index in [1.54, 1.807) is 25.2 Å². The van der Waals surface area contributed by atoms with Crippen LogP contribution in [0.2, 0.25) is 0 Å². The second-order valence-electron chi connectivity index (χ2n) is 4.87. The number of nitrogens with zero attached hydrogens (tertiary/aromatic N) is 1. The molecular formula is C13H22BrN3O2S. The van der Waals surface area contributed by atoms with E-state index in [9.17, 15) is 8.42 Å². The topological polar surface area (TPSA) is 61.4 Å². The minimum atomic E-state index is -3.51. The van der Waals surface area contributed by atoms with Crippen molar-refractivity contribution in [3.8, 4) is 0 Å². The van der Waals surface area contributed by atoms with Gasteiger partial charge in [0.05, 0.1) is 5.69 Å². The molecule has 0 saturated heterocycles. The van der Waals surface area contributed by atoms with Crippen LogP contribution in [0.3, 0.4) is 0 Å². The number of anilines is 1. The van der Waals surface area contributed by atoms with Crippen LogP contribution < -0.4 is 10.0 Å². The molecule has 5 nitrogen and oxygen atoms in total. The molecule has 0 saturated carbocycles. The Morgan fingerprint density at radius 1 is 1.30 bits per heavy atom. The highest BCUT2D eigenvalue weighted by Gasteiger charge is 2.17. The van der Waals surface area contributed by atoms with E-state index in [1.165, 1.54) is 4.31 Å². The van der Waals surface area contributed by atoms with Gasteiger partial charge in [0, 0.05) is 24.1 Å². The van der Waals surface area contributed by atoms with Gasteiger partial charge < -0.3 is 5.32 Å². The molecule has 0 amide bonds. The molecule has 0 aromatic heterocycles. The highest BCUT2D eigenvalue weighted by molar-refractivity contribution is 9.10. The van der Waals surface area contributed by atoms with Gasteiger partial charge in [0.1, 0.15) is 0 Å². The van der Waals surface area contributed by atoms with Gasteiger partial charge in [-0.25, -0.2) is 0 Å². The second-order valence-corrected chi connectivity index (χ2v) is 7.50. The molecule has 0 atom stereocenters. The lowest BCUT2D eigenvalue weighted by atomic mass is 10.3. The monoisotopic (exact) mass is 363 g/mol. The van der Waals surface area contributed by atoms with Gasteiger partial charge in [0.15, 0.2) is 0 Å². The molecule has 0 aliphatic heterocycles. The van der Waals surface area contributed by atoms with Crippen molar-refractivity contribution in [2.75, 3.05) is 24.9 Å². The fourth-order valence-electron chi connectivity index (χ4n) is 1.57. The number of halogens is 1. The summed E-state index contributed by atoms with van der Waals surface area (Å²) in [6, 6.07) is 7.55. The third kappa shape index (κ3) is 5.78. The number of hydrogen-bond acceptors (Lipinski definition) is 3. The quantitative estimate of drug-likeness (QED) is 0.697. The predicted octanol–water partition coefficient (Wildman–Crippen LogP) is 2.43. The largest absolute Gasteiger partial charge is 0.314 e. The third-order valence-corrected chi connectivity index (χ3v) is 4.90. The third-order valence-electron chi connectivity index (χ3n) is 2.73. The highest BCUT2D eigenvalue weighted by atomic mass is 79.9.